The molecular weight excluding hydrogens is 477 g/mol. The standard InChI is InChI=1S/C31H34BNO5/c1-33(2)21-24-11-10-23(20-30(24)32(34)35)22-38-31(25-8-6-5-7-9-25,26-12-16-28(36-3)17-13-26)27-14-18-29(37-4)19-15-27/h5-20,34-35H,21-22H2,1-4H3. The minimum atomic E-state index is -1.58. The van der Waals surface area contributed by atoms with E-state index in [0.717, 1.165) is 39.3 Å². The molecule has 0 aliphatic heterocycles. The van der Waals surface area contributed by atoms with Gasteiger partial charge >= 0.3 is 7.12 Å². The summed E-state index contributed by atoms with van der Waals surface area (Å²) in [5, 5.41) is 20.2. The van der Waals surface area contributed by atoms with Crippen molar-refractivity contribution in [2.45, 2.75) is 18.8 Å². The molecule has 0 spiro atoms. The molecule has 0 atom stereocenters. The molecular formula is C31H34BNO5. The molecule has 2 N–H and O–H groups in total. The first kappa shape index (κ1) is 27.4. The van der Waals surface area contributed by atoms with Crippen LogP contribution in [-0.4, -0.2) is 50.4 Å². The Hall–Kier alpha value is -3.62. The van der Waals surface area contributed by atoms with Crippen molar-refractivity contribution in [2.75, 3.05) is 28.3 Å². The molecule has 0 amide bonds. The molecule has 0 aliphatic rings. The van der Waals surface area contributed by atoms with Gasteiger partial charge in [0.25, 0.3) is 0 Å². The first-order valence-corrected chi connectivity index (χ1v) is 12.5. The lowest BCUT2D eigenvalue weighted by atomic mass is 9.76. The summed E-state index contributed by atoms with van der Waals surface area (Å²) in [7, 11) is 5.61. The van der Waals surface area contributed by atoms with Crippen molar-refractivity contribution in [1.29, 1.82) is 0 Å². The molecule has 38 heavy (non-hydrogen) atoms. The normalized spacial score (nSPS) is 11.4. The molecule has 4 rings (SSSR count). The Morgan fingerprint density at radius 3 is 1.71 bits per heavy atom. The van der Waals surface area contributed by atoms with Gasteiger partial charge < -0.3 is 29.2 Å². The maximum atomic E-state index is 10.1. The van der Waals surface area contributed by atoms with Crippen LogP contribution >= 0.6 is 0 Å². The Labute approximate surface area is 225 Å². The quantitative estimate of drug-likeness (QED) is 0.235. The summed E-state index contributed by atoms with van der Waals surface area (Å²) in [4.78, 5) is 1.99. The number of hydrogen-bond donors (Lipinski definition) is 2. The van der Waals surface area contributed by atoms with Crippen LogP contribution in [-0.2, 0) is 23.5 Å². The Bertz CT molecular complexity index is 1260. The fourth-order valence-electron chi connectivity index (χ4n) is 4.73. The fraction of sp³-hybridized carbons (Fsp3) is 0.226. The monoisotopic (exact) mass is 511 g/mol. The van der Waals surface area contributed by atoms with Gasteiger partial charge in [-0.3, -0.25) is 0 Å². The average molecular weight is 511 g/mol. The number of benzene rings is 4. The van der Waals surface area contributed by atoms with Crippen molar-refractivity contribution in [2.24, 2.45) is 0 Å². The van der Waals surface area contributed by atoms with Crippen molar-refractivity contribution < 1.29 is 24.3 Å². The zero-order valence-electron chi connectivity index (χ0n) is 22.3. The third kappa shape index (κ3) is 5.92. The predicted octanol–water partition coefficient (Wildman–Crippen LogP) is 3.95. The summed E-state index contributed by atoms with van der Waals surface area (Å²) < 4.78 is 17.8. The lowest BCUT2D eigenvalue weighted by Gasteiger charge is -2.36. The smallest absolute Gasteiger partial charge is 0.488 e. The Kier molecular flexibility index (Phi) is 8.87. The second-order valence-corrected chi connectivity index (χ2v) is 9.44. The van der Waals surface area contributed by atoms with E-state index in [-0.39, 0.29) is 6.61 Å². The summed E-state index contributed by atoms with van der Waals surface area (Å²) in [6, 6.07) is 31.6. The molecule has 0 aliphatic carbocycles. The SMILES string of the molecule is COc1ccc(C(OCc2ccc(CN(C)C)c(B(O)O)c2)(c2ccccc2)c2ccc(OC)cc2)cc1. The van der Waals surface area contributed by atoms with Crippen LogP contribution in [0.3, 0.4) is 0 Å². The van der Waals surface area contributed by atoms with Crippen molar-refractivity contribution in [3.63, 3.8) is 0 Å². The van der Waals surface area contributed by atoms with Crippen LogP contribution in [0.15, 0.2) is 97.1 Å². The zero-order valence-corrected chi connectivity index (χ0v) is 22.3. The van der Waals surface area contributed by atoms with E-state index in [1.54, 1.807) is 20.3 Å². The van der Waals surface area contributed by atoms with Crippen molar-refractivity contribution >= 4 is 12.6 Å². The maximum Gasteiger partial charge on any atom is 0.488 e. The minimum Gasteiger partial charge on any atom is -0.497 e. The number of ether oxygens (including phenoxy) is 3. The fourth-order valence-corrected chi connectivity index (χ4v) is 4.73. The lowest BCUT2D eigenvalue weighted by Crippen LogP contribution is -2.36. The van der Waals surface area contributed by atoms with E-state index in [1.807, 2.05) is 97.9 Å². The van der Waals surface area contributed by atoms with E-state index in [9.17, 15) is 10.0 Å². The van der Waals surface area contributed by atoms with Gasteiger partial charge in [-0.15, -0.1) is 0 Å². The molecule has 0 unspecified atom stereocenters. The van der Waals surface area contributed by atoms with Crippen molar-refractivity contribution in [3.8, 4) is 11.5 Å². The maximum absolute atomic E-state index is 10.1. The summed E-state index contributed by atoms with van der Waals surface area (Å²) in [6.07, 6.45) is 0. The number of methoxy groups -OCH3 is 2. The van der Waals surface area contributed by atoms with Crippen molar-refractivity contribution in [1.82, 2.24) is 4.90 Å². The van der Waals surface area contributed by atoms with Crippen LogP contribution in [0.5, 0.6) is 11.5 Å². The van der Waals surface area contributed by atoms with E-state index >= 15 is 0 Å². The molecule has 0 radical (unpaired) electrons. The molecule has 4 aromatic rings. The summed E-state index contributed by atoms with van der Waals surface area (Å²) in [5.74, 6) is 1.51. The van der Waals surface area contributed by atoms with Gasteiger partial charge in [-0.05, 0) is 71.6 Å². The van der Waals surface area contributed by atoms with Crippen LogP contribution in [0.25, 0.3) is 0 Å². The molecule has 196 valence electrons. The first-order chi connectivity index (χ1) is 18.4. The predicted molar refractivity (Wildman–Crippen MR) is 151 cm³/mol. The molecule has 4 aromatic carbocycles. The van der Waals surface area contributed by atoms with Crippen molar-refractivity contribution in [3.05, 3.63) is 125 Å². The largest absolute Gasteiger partial charge is 0.497 e. The average Bonchev–Trinajstić information content (AvgIpc) is 2.94. The van der Waals surface area contributed by atoms with E-state index in [1.165, 1.54) is 0 Å². The van der Waals surface area contributed by atoms with Gasteiger partial charge in [-0.1, -0.05) is 72.8 Å². The number of nitrogens with zero attached hydrogens (tertiary/aromatic N) is 1. The van der Waals surface area contributed by atoms with Gasteiger partial charge in [0.2, 0.25) is 0 Å². The molecule has 7 heteroatoms. The van der Waals surface area contributed by atoms with Crippen LogP contribution in [0.4, 0.5) is 0 Å². The van der Waals surface area contributed by atoms with Gasteiger partial charge in [0, 0.05) is 6.54 Å². The zero-order chi connectivity index (χ0) is 27.1. The molecule has 0 bridgehead atoms. The van der Waals surface area contributed by atoms with Gasteiger partial charge in [0.05, 0.1) is 20.8 Å². The summed E-state index contributed by atoms with van der Waals surface area (Å²) >= 11 is 0. The molecule has 0 saturated carbocycles. The Morgan fingerprint density at radius 2 is 1.24 bits per heavy atom. The molecule has 0 saturated heterocycles. The highest BCUT2D eigenvalue weighted by Crippen LogP contribution is 2.42. The first-order valence-electron chi connectivity index (χ1n) is 12.5. The summed E-state index contributed by atoms with van der Waals surface area (Å²) in [5.41, 5.74) is 4.02. The topological polar surface area (TPSA) is 71.4 Å². The van der Waals surface area contributed by atoms with E-state index < -0.39 is 12.7 Å². The molecule has 0 fully saturated rings. The molecule has 0 aromatic heterocycles. The van der Waals surface area contributed by atoms with Crippen LogP contribution in [0, 0.1) is 0 Å². The highest BCUT2D eigenvalue weighted by molar-refractivity contribution is 6.59. The van der Waals surface area contributed by atoms with Gasteiger partial charge in [-0.2, -0.15) is 0 Å². The number of rotatable bonds is 11. The highest BCUT2D eigenvalue weighted by atomic mass is 16.5. The van der Waals surface area contributed by atoms with Gasteiger partial charge in [0.15, 0.2) is 0 Å². The second-order valence-electron chi connectivity index (χ2n) is 9.44. The van der Waals surface area contributed by atoms with Crippen LogP contribution in [0.1, 0.15) is 27.8 Å². The van der Waals surface area contributed by atoms with Gasteiger partial charge in [0.1, 0.15) is 17.1 Å². The minimum absolute atomic E-state index is 0.231. The van der Waals surface area contributed by atoms with Crippen LogP contribution in [0.2, 0.25) is 0 Å². The van der Waals surface area contributed by atoms with E-state index in [2.05, 4.69) is 12.1 Å². The summed E-state index contributed by atoms with van der Waals surface area (Å²) in [6.45, 7) is 0.828. The Balaban J connectivity index is 1.84. The Morgan fingerprint density at radius 1 is 0.711 bits per heavy atom. The second kappa shape index (κ2) is 12.3. The molecule has 6 nitrogen and oxygen atoms in total. The number of hydrogen-bond acceptors (Lipinski definition) is 6. The third-order valence-corrected chi connectivity index (χ3v) is 6.60. The lowest BCUT2D eigenvalue weighted by molar-refractivity contribution is 0.000211. The third-order valence-electron chi connectivity index (χ3n) is 6.60. The van der Waals surface area contributed by atoms with Gasteiger partial charge in [-0.25, -0.2) is 0 Å². The van der Waals surface area contributed by atoms with Crippen LogP contribution < -0.4 is 14.9 Å². The van der Waals surface area contributed by atoms with E-state index in [4.69, 9.17) is 14.2 Å². The highest BCUT2D eigenvalue weighted by Gasteiger charge is 2.38. The molecule has 0 heterocycles. The van der Waals surface area contributed by atoms with E-state index in [0.29, 0.717) is 12.0 Å².